The van der Waals surface area contributed by atoms with Crippen LogP contribution in [0.15, 0.2) is 22.2 Å². The summed E-state index contributed by atoms with van der Waals surface area (Å²) in [5, 5.41) is 0. The van der Waals surface area contributed by atoms with Crippen molar-refractivity contribution >= 4 is 34.8 Å². The summed E-state index contributed by atoms with van der Waals surface area (Å²) in [5.41, 5.74) is 0.977. The van der Waals surface area contributed by atoms with Crippen LogP contribution in [0.2, 0.25) is 0 Å². The predicted octanol–water partition coefficient (Wildman–Crippen LogP) is 3.49. The summed E-state index contributed by atoms with van der Waals surface area (Å²) in [4.78, 5) is 0. The maximum Gasteiger partial charge on any atom is 0.107 e. The highest BCUT2D eigenvalue weighted by Gasteiger charge is 1.83. The average Bonchev–Trinajstić information content (AvgIpc) is 1.63. The van der Waals surface area contributed by atoms with Gasteiger partial charge in [-0.25, -0.2) is 0 Å². The first-order valence-electron chi connectivity index (χ1n) is 2.42. The fraction of sp³-hybridized carbons (Fsp3) is 0.333. The summed E-state index contributed by atoms with van der Waals surface area (Å²) in [6.45, 7) is 1.88. The van der Waals surface area contributed by atoms with Gasteiger partial charge in [-0.2, -0.15) is 0 Å². The number of rotatable bonds is 2. The molecule has 0 radical (unpaired) electrons. The van der Waals surface area contributed by atoms with E-state index in [9.17, 15) is 0 Å². The van der Waals surface area contributed by atoms with Gasteiger partial charge in [0, 0.05) is 5.88 Å². The van der Waals surface area contributed by atoms with Gasteiger partial charge in [0.15, 0.2) is 0 Å². The summed E-state index contributed by atoms with van der Waals surface area (Å²) in [7, 11) is 0. The minimum Gasteiger partial charge on any atom is -0.122 e. The quantitative estimate of drug-likeness (QED) is 0.456. The van der Waals surface area contributed by atoms with Crippen LogP contribution in [0.25, 0.3) is 0 Å². The first-order chi connectivity index (χ1) is 4.16. The highest BCUT2D eigenvalue weighted by molar-refractivity contribution is 6.56. The Kier molecular flexibility index (Phi) is 5.36. The average molecular weight is 185 g/mol. The zero-order chi connectivity index (χ0) is 7.28. The molecular weight excluding hydrogens is 178 g/mol. The van der Waals surface area contributed by atoms with Gasteiger partial charge in [0.1, 0.15) is 4.49 Å². The van der Waals surface area contributed by atoms with Crippen LogP contribution in [-0.2, 0) is 0 Å². The molecule has 3 heteroatoms. The van der Waals surface area contributed by atoms with E-state index in [0.717, 1.165) is 5.57 Å². The van der Waals surface area contributed by atoms with E-state index in [-0.39, 0.29) is 4.49 Å². The maximum atomic E-state index is 5.39. The van der Waals surface area contributed by atoms with Gasteiger partial charge in [0.2, 0.25) is 0 Å². The van der Waals surface area contributed by atoms with Crippen LogP contribution in [0, 0.1) is 0 Å². The Morgan fingerprint density at radius 3 is 2.33 bits per heavy atom. The first kappa shape index (κ1) is 9.35. The molecule has 0 rings (SSSR count). The third kappa shape index (κ3) is 6.23. The Labute approximate surface area is 70.1 Å². The predicted molar refractivity (Wildman–Crippen MR) is 44.3 cm³/mol. The lowest BCUT2D eigenvalue weighted by molar-refractivity contribution is 1.48. The molecule has 0 aromatic carbocycles. The molecule has 0 bridgehead atoms. The van der Waals surface area contributed by atoms with Crippen molar-refractivity contribution in [1.29, 1.82) is 0 Å². The van der Waals surface area contributed by atoms with Crippen molar-refractivity contribution < 1.29 is 0 Å². The van der Waals surface area contributed by atoms with E-state index in [1.165, 1.54) is 0 Å². The molecule has 0 saturated heterocycles. The second kappa shape index (κ2) is 5.16. The Morgan fingerprint density at radius 2 is 2.00 bits per heavy atom. The SMILES string of the molecule is C/C(C=C(Cl)Cl)=C/CCl. The molecule has 0 fully saturated rings. The van der Waals surface area contributed by atoms with Gasteiger partial charge in [-0.05, 0) is 13.0 Å². The van der Waals surface area contributed by atoms with E-state index in [4.69, 9.17) is 34.8 Å². The molecule has 0 N–H and O–H groups in total. The smallest absolute Gasteiger partial charge is 0.107 e. The summed E-state index contributed by atoms with van der Waals surface area (Å²) in [5.74, 6) is 0.489. The minimum atomic E-state index is 0.258. The van der Waals surface area contributed by atoms with Gasteiger partial charge in [0.25, 0.3) is 0 Å². The summed E-state index contributed by atoms with van der Waals surface area (Å²) in [6, 6.07) is 0. The number of alkyl halides is 1. The number of hydrogen-bond acceptors (Lipinski definition) is 0. The van der Waals surface area contributed by atoms with Gasteiger partial charge >= 0.3 is 0 Å². The van der Waals surface area contributed by atoms with Crippen molar-refractivity contribution in [1.82, 2.24) is 0 Å². The second-order valence-electron chi connectivity index (χ2n) is 1.54. The molecule has 52 valence electrons. The normalized spacial score (nSPS) is 11.3. The Bertz CT molecular complexity index is 131. The lowest BCUT2D eigenvalue weighted by Gasteiger charge is -1.87. The molecule has 0 spiro atoms. The van der Waals surface area contributed by atoms with Crippen molar-refractivity contribution in [2.24, 2.45) is 0 Å². The number of hydrogen-bond donors (Lipinski definition) is 0. The Hall–Kier alpha value is 0.350. The molecule has 0 aliphatic heterocycles. The molecule has 0 nitrogen and oxygen atoms in total. The monoisotopic (exact) mass is 184 g/mol. The third-order valence-corrected chi connectivity index (χ3v) is 1.11. The molecule has 0 heterocycles. The first-order valence-corrected chi connectivity index (χ1v) is 3.71. The standard InChI is InChI=1S/C6H7Cl3/c1-5(2-3-7)4-6(8)9/h2,4H,3H2,1H3/b5-2-. The van der Waals surface area contributed by atoms with Crippen LogP contribution >= 0.6 is 34.8 Å². The van der Waals surface area contributed by atoms with Crippen LogP contribution in [-0.4, -0.2) is 5.88 Å². The molecule has 0 unspecified atom stereocenters. The molecule has 0 aliphatic carbocycles. The minimum absolute atomic E-state index is 0.258. The number of allylic oxidation sites excluding steroid dienone is 3. The molecule has 0 aromatic rings. The Balaban J connectivity index is 3.90. The highest BCUT2D eigenvalue weighted by Crippen LogP contribution is 2.10. The molecule has 0 atom stereocenters. The van der Waals surface area contributed by atoms with Gasteiger partial charge in [-0.1, -0.05) is 34.9 Å². The van der Waals surface area contributed by atoms with E-state index < -0.39 is 0 Å². The van der Waals surface area contributed by atoms with E-state index in [2.05, 4.69) is 0 Å². The summed E-state index contributed by atoms with van der Waals surface area (Å²) < 4.78 is 0.258. The van der Waals surface area contributed by atoms with Crippen molar-refractivity contribution in [2.75, 3.05) is 5.88 Å². The van der Waals surface area contributed by atoms with Gasteiger partial charge < -0.3 is 0 Å². The molecule has 0 saturated carbocycles. The van der Waals surface area contributed by atoms with Crippen molar-refractivity contribution in [2.45, 2.75) is 6.92 Å². The largest absolute Gasteiger partial charge is 0.122 e. The Morgan fingerprint density at radius 1 is 1.44 bits per heavy atom. The van der Waals surface area contributed by atoms with E-state index in [1.54, 1.807) is 6.08 Å². The molecule has 9 heavy (non-hydrogen) atoms. The maximum absolute atomic E-state index is 5.39. The van der Waals surface area contributed by atoms with Crippen LogP contribution in [0.5, 0.6) is 0 Å². The van der Waals surface area contributed by atoms with Crippen molar-refractivity contribution in [3.05, 3.63) is 22.2 Å². The lowest BCUT2D eigenvalue weighted by Crippen LogP contribution is -1.69. The topological polar surface area (TPSA) is 0 Å². The van der Waals surface area contributed by atoms with E-state index in [1.807, 2.05) is 13.0 Å². The van der Waals surface area contributed by atoms with Crippen LogP contribution < -0.4 is 0 Å². The van der Waals surface area contributed by atoms with Crippen LogP contribution in [0.3, 0.4) is 0 Å². The zero-order valence-corrected chi connectivity index (χ0v) is 7.26. The zero-order valence-electron chi connectivity index (χ0n) is 5.00. The fourth-order valence-electron chi connectivity index (χ4n) is 0.353. The third-order valence-electron chi connectivity index (χ3n) is 0.736. The lowest BCUT2D eigenvalue weighted by atomic mass is 10.3. The van der Waals surface area contributed by atoms with Gasteiger partial charge in [-0.15, -0.1) is 11.6 Å². The van der Waals surface area contributed by atoms with Crippen LogP contribution in [0.4, 0.5) is 0 Å². The van der Waals surface area contributed by atoms with E-state index >= 15 is 0 Å². The van der Waals surface area contributed by atoms with E-state index in [0.29, 0.717) is 5.88 Å². The highest BCUT2D eigenvalue weighted by atomic mass is 35.5. The molecular formula is C6H7Cl3. The second-order valence-corrected chi connectivity index (χ2v) is 2.85. The molecule has 0 aromatic heterocycles. The van der Waals surface area contributed by atoms with Crippen molar-refractivity contribution in [3.63, 3.8) is 0 Å². The molecule has 0 aliphatic rings. The van der Waals surface area contributed by atoms with Crippen molar-refractivity contribution in [3.8, 4) is 0 Å². The summed E-state index contributed by atoms with van der Waals surface area (Å²) in [6.07, 6.45) is 3.47. The van der Waals surface area contributed by atoms with Crippen LogP contribution in [0.1, 0.15) is 6.92 Å². The van der Waals surface area contributed by atoms with Gasteiger partial charge in [-0.3, -0.25) is 0 Å². The van der Waals surface area contributed by atoms with Gasteiger partial charge in [0.05, 0.1) is 0 Å². The molecule has 0 amide bonds. The fourth-order valence-corrected chi connectivity index (χ4v) is 0.940. The number of halogens is 3. The summed E-state index contributed by atoms with van der Waals surface area (Å²) >= 11 is 16.1.